The van der Waals surface area contributed by atoms with Gasteiger partial charge >= 0.3 is 5.69 Å². The Morgan fingerprint density at radius 1 is 1.46 bits per heavy atom. The molecule has 5 heteroatoms. The topological polar surface area (TPSA) is 39.3 Å². The van der Waals surface area contributed by atoms with Crippen LogP contribution in [0.3, 0.4) is 0 Å². The Balaban J connectivity index is 3.06. The Kier molecular flexibility index (Phi) is 1.76. The maximum Gasteiger partial charge on any atom is 0.350 e. The fraction of sp³-hybridized carbons (Fsp3) is 0.250. The van der Waals surface area contributed by atoms with Gasteiger partial charge in [0.15, 0.2) is 5.65 Å². The fourth-order valence-corrected chi connectivity index (χ4v) is 1.59. The molecule has 0 aliphatic carbocycles. The number of fused-ring (bicyclic) bond motifs is 1. The van der Waals surface area contributed by atoms with E-state index >= 15 is 0 Å². The number of aryl methyl sites for hydroxylation is 2. The molecule has 2 heterocycles. The number of aromatic nitrogens is 3. The summed E-state index contributed by atoms with van der Waals surface area (Å²) in [6, 6.07) is 3.69. The minimum atomic E-state index is -0.117. The van der Waals surface area contributed by atoms with Crippen molar-refractivity contribution in [2.75, 3.05) is 0 Å². The molecule has 2 rings (SSSR count). The molecule has 0 aliphatic heterocycles. The Labute approximate surface area is 82.9 Å². The van der Waals surface area contributed by atoms with Gasteiger partial charge in [0.2, 0.25) is 0 Å². The first-order chi connectivity index (χ1) is 6.11. The van der Waals surface area contributed by atoms with Crippen molar-refractivity contribution in [3.63, 3.8) is 0 Å². The van der Waals surface area contributed by atoms with Crippen LogP contribution >= 0.6 is 15.9 Å². The van der Waals surface area contributed by atoms with Crippen molar-refractivity contribution < 1.29 is 0 Å². The summed E-state index contributed by atoms with van der Waals surface area (Å²) in [7, 11) is 1.64. The van der Waals surface area contributed by atoms with E-state index in [-0.39, 0.29) is 5.69 Å². The van der Waals surface area contributed by atoms with E-state index in [0.717, 1.165) is 10.2 Å². The Morgan fingerprint density at radius 2 is 2.15 bits per heavy atom. The van der Waals surface area contributed by atoms with Crippen molar-refractivity contribution >= 4 is 21.6 Å². The van der Waals surface area contributed by atoms with Crippen LogP contribution < -0.4 is 5.69 Å². The van der Waals surface area contributed by atoms with Gasteiger partial charge in [0.05, 0.1) is 0 Å². The van der Waals surface area contributed by atoms with E-state index < -0.39 is 0 Å². The molecular weight excluding hydrogens is 234 g/mol. The van der Waals surface area contributed by atoms with E-state index in [1.54, 1.807) is 17.5 Å². The number of nitrogens with zero attached hydrogens (tertiary/aromatic N) is 3. The Hall–Kier alpha value is -1.10. The first kappa shape index (κ1) is 8.50. The molecule has 0 saturated heterocycles. The Bertz CT molecular complexity index is 526. The summed E-state index contributed by atoms with van der Waals surface area (Å²) in [5.74, 6) is 0. The number of halogens is 1. The van der Waals surface area contributed by atoms with Gasteiger partial charge in [0, 0.05) is 17.2 Å². The second-order valence-corrected chi connectivity index (χ2v) is 3.72. The number of hydrogen-bond donors (Lipinski definition) is 0. The maximum absolute atomic E-state index is 11.5. The zero-order valence-electron chi connectivity index (χ0n) is 7.28. The molecule has 2 aromatic rings. The summed E-state index contributed by atoms with van der Waals surface area (Å²) in [4.78, 5) is 11.5. The molecule has 0 aromatic carbocycles. The van der Waals surface area contributed by atoms with Crippen molar-refractivity contribution in [3.05, 3.63) is 32.8 Å². The van der Waals surface area contributed by atoms with Crippen molar-refractivity contribution in [3.8, 4) is 0 Å². The van der Waals surface area contributed by atoms with Crippen molar-refractivity contribution in [2.24, 2.45) is 7.05 Å². The molecule has 13 heavy (non-hydrogen) atoms. The smallest absolute Gasteiger partial charge is 0.246 e. The third kappa shape index (κ3) is 1.11. The minimum absolute atomic E-state index is 0.117. The molecule has 0 atom stereocenters. The van der Waals surface area contributed by atoms with Crippen LogP contribution in [0.25, 0.3) is 5.65 Å². The van der Waals surface area contributed by atoms with Gasteiger partial charge < -0.3 is 0 Å². The van der Waals surface area contributed by atoms with Crippen LogP contribution in [0.4, 0.5) is 0 Å². The number of hydrogen-bond acceptors (Lipinski definition) is 2. The Morgan fingerprint density at radius 3 is 2.85 bits per heavy atom. The monoisotopic (exact) mass is 241 g/mol. The van der Waals surface area contributed by atoms with Crippen LogP contribution in [0, 0.1) is 6.92 Å². The summed E-state index contributed by atoms with van der Waals surface area (Å²) in [6.07, 6.45) is 0. The van der Waals surface area contributed by atoms with Gasteiger partial charge in [0.1, 0.15) is 0 Å². The summed E-state index contributed by atoms with van der Waals surface area (Å²) < 4.78 is 3.81. The molecule has 0 N–H and O–H groups in total. The predicted octanol–water partition coefficient (Wildman–Crippen LogP) is 1.10. The van der Waals surface area contributed by atoms with Gasteiger partial charge in [0.25, 0.3) is 0 Å². The highest BCUT2D eigenvalue weighted by Gasteiger charge is 2.07. The second kappa shape index (κ2) is 2.70. The van der Waals surface area contributed by atoms with Crippen molar-refractivity contribution in [1.29, 1.82) is 0 Å². The van der Waals surface area contributed by atoms with E-state index in [0.29, 0.717) is 5.65 Å². The molecule has 2 aromatic heterocycles. The van der Waals surface area contributed by atoms with Gasteiger partial charge in [-0.25, -0.2) is 13.9 Å². The van der Waals surface area contributed by atoms with E-state index in [9.17, 15) is 4.79 Å². The van der Waals surface area contributed by atoms with E-state index in [2.05, 4.69) is 21.0 Å². The molecular formula is C8H8BrN3O. The summed E-state index contributed by atoms with van der Waals surface area (Å²) >= 11 is 3.36. The van der Waals surface area contributed by atoms with Gasteiger partial charge in [-0.2, -0.15) is 5.10 Å². The lowest BCUT2D eigenvalue weighted by molar-refractivity contribution is 0.730. The third-order valence-corrected chi connectivity index (χ3v) is 2.85. The molecule has 0 bridgehead atoms. The van der Waals surface area contributed by atoms with Gasteiger partial charge in [-0.05, 0) is 35.0 Å². The summed E-state index contributed by atoms with van der Waals surface area (Å²) in [5, 5.41) is 4.06. The normalized spacial score (nSPS) is 11.0. The predicted molar refractivity (Wildman–Crippen MR) is 52.9 cm³/mol. The molecule has 68 valence electrons. The van der Waals surface area contributed by atoms with Crippen LogP contribution in [-0.2, 0) is 7.05 Å². The lowest BCUT2D eigenvalue weighted by atomic mass is 10.4. The van der Waals surface area contributed by atoms with Crippen LogP contribution in [0.2, 0.25) is 0 Å². The fourth-order valence-electron chi connectivity index (χ4n) is 1.28. The molecule has 0 saturated carbocycles. The average Bonchev–Trinajstić information content (AvgIpc) is 2.37. The van der Waals surface area contributed by atoms with Crippen LogP contribution in [0.5, 0.6) is 0 Å². The van der Waals surface area contributed by atoms with E-state index in [4.69, 9.17) is 0 Å². The van der Waals surface area contributed by atoms with Crippen molar-refractivity contribution in [1.82, 2.24) is 14.2 Å². The molecule has 0 amide bonds. The van der Waals surface area contributed by atoms with Crippen LogP contribution in [0.15, 0.2) is 21.4 Å². The molecule has 4 nitrogen and oxygen atoms in total. The van der Waals surface area contributed by atoms with Crippen LogP contribution in [0.1, 0.15) is 5.69 Å². The minimum Gasteiger partial charge on any atom is -0.246 e. The zero-order valence-corrected chi connectivity index (χ0v) is 8.87. The molecule has 0 fully saturated rings. The van der Waals surface area contributed by atoms with E-state index in [1.807, 2.05) is 13.0 Å². The van der Waals surface area contributed by atoms with Gasteiger partial charge in [-0.1, -0.05) is 0 Å². The number of pyridine rings is 1. The third-order valence-electron chi connectivity index (χ3n) is 2.01. The SMILES string of the molecule is Cc1c(Br)ccc2nn(C)c(=O)n12. The quantitative estimate of drug-likeness (QED) is 0.694. The molecule has 0 aliphatic rings. The second-order valence-electron chi connectivity index (χ2n) is 2.87. The summed E-state index contributed by atoms with van der Waals surface area (Å²) in [6.45, 7) is 1.88. The zero-order chi connectivity index (χ0) is 9.59. The lowest BCUT2D eigenvalue weighted by Crippen LogP contribution is -2.19. The van der Waals surface area contributed by atoms with E-state index in [1.165, 1.54) is 4.68 Å². The molecule has 0 unspecified atom stereocenters. The van der Waals surface area contributed by atoms with Crippen LogP contribution in [-0.4, -0.2) is 14.2 Å². The van der Waals surface area contributed by atoms with Gasteiger partial charge in [-0.3, -0.25) is 0 Å². The maximum atomic E-state index is 11.5. The van der Waals surface area contributed by atoms with Gasteiger partial charge in [-0.15, -0.1) is 0 Å². The largest absolute Gasteiger partial charge is 0.350 e. The molecule has 0 radical (unpaired) electrons. The standard InChI is InChI=1S/C8H8BrN3O/c1-5-6(9)3-4-7-10-11(2)8(13)12(5)7/h3-4H,1-2H3. The first-order valence-corrected chi connectivity index (χ1v) is 4.61. The average molecular weight is 242 g/mol. The van der Waals surface area contributed by atoms with Crippen molar-refractivity contribution in [2.45, 2.75) is 6.92 Å². The highest BCUT2D eigenvalue weighted by Crippen LogP contribution is 2.15. The number of rotatable bonds is 0. The lowest BCUT2D eigenvalue weighted by Gasteiger charge is -1.98. The highest BCUT2D eigenvalue weighted by molar-refractivity contribution is 9.10. The summed E-state index contributed by atoms with van der Waals surface area (Å²) in [5.41, 5.74) is 1.43. The molecule has 0 spiro atoms. The highest BCUT2D eigenvalue weighted by atomic mass is 79.9. The first-order valence-electron chi connectivity index (χ1n) is 3.82.